The monoisotopic (exact) mass is 869 g/mol. The van der Waals surface area contributed by atoms with E-state index < -0.39 is 48.0 Å². The molecule has 0 spiro atoms. The molecule has 0 aliphatic rings. The predicted molar refractivity (Wildman–Crippen MR) is 223 cm³/mol. The number of amides is 2. The van der Waals surface area contributed by atoms with E-state index in [0.717, 1.165) is 38.5 Å². The third kappa shape index (κ3) is 22.7. The van der Waals surface area contributed by atoms with Gasteiger partial charge in [-0.3, -0.25) is 9.59 Å². The second kappa shape index (κ2) is 36.1. The average Bonchev–Trinajstić information content (AvgIpc) is 3.16. The van der Waals surface area contributed by atoms with E-state index >= 15 is 0 Å². The smallest absolute Gasteiger partial charge is 0.544 e. The SMILES string of the molecule is C=CCCCCC(=O)NCC[N+](CCO)(C(CCC)C(=O)[O-])C(CCC)C(=O)O.C=CCCCCC(=O)NCC[N+](CCO)(C(CCC)C(=O)[O-])C(CCC)C(=O)O.[Ca+2]. The van der Waals surface area contributed by atoms with Gasteiger partial charge in [-0.2, -0.15) is 0 Å². The first-order valence-corrected chi connectivity index (χ1v) is 21.2. The van der Waals surface area contributed by atoms with Gasteiger partial charge in [0, 0.05) is 38.5 Å². The number of quaternary nitrogens is 2. The molecule has 0 radical (unpaired) electrons. The Bertz CT molecular complexity index is 1100. The van der Waals surface area contributed by atoms with Crippen LogP contribution in [0.3, 0.4) is 0 Å². The van der Waals surface area contributed by atoms with Crippen LogP contribution in [0.1, 0.15) is 130 Å². The number of carboxylic acids is 4. The Morgan fingerprint density at radius 3 is 1.10 bits per heavy atom. The van der Waals surface area contributed by atoms with Crippen LogP contribution in [0.4, 0.5) is 0 Å². The summed E-state index contributed by atoms with van der Waals surface area (Å²) in [5, 5.41) is 68.4. The summed E-state index contributed by atoms with van der Waals surface area (Å²) in [6, 6.07) is -4.12. The second-order valence-corrected chi connectivity index (χ2v) is 14.8. The Morgan fingerprint density at radius 2 is 0.864 bits per heavy atom. The molecule has 17 heteroatoms. The summed E-state index contributed by atoms with van der Waals surface area (Å²) in [7, 11) is 0. The van der Waals surface area contributed by atoms with Gasteiger partial charge in [0.15, 0.2) is 12.1 Å². The van der Waals surface area contributed by atoms with E-state index in [4.69, 9.17) is 0 Å². The molecule has 59 heavy (non-hydrogen) atoms. The molecule has 0 bridgehead atoms. The molecule has 6 unspecified atom stereocenters. The zero-order valence-corrected chi connectivity index (χ0v) is 38.7. The number of aliphatic hydroxyl groups excluding tert-OH is 2. The van der Waals surface area contributed by atoms with Crippen molar-refractivity contribution in [3.8, 4) is 0 Å². The molecule has 6 N–H and O–H groups in total. The summed E-state index contributed by atoms with van der Waals surface area (Å²) in [5.41, 5.74) is 0. The Hall–Kier alpha value is -2.60. The van der Waals surface area contributed by atoms with Crippen molar-refractivity contribution in [2.45, 2.75) is 155 Å². The van der Waals surface area contributed by atoms with E-state index in [1.54, 1.807) is 12.2 Å². The van der Waals surface area contributed by atoms with Gasteiger partial charge < -0.3 is 59.8 Å². The quantitative estimate of drug-likeness (QED) is 0.0226. The number of hydrogen-bond acceptors (Lipinski definition) is 10. The van der Waals surface area contributed by atoms with Crippen molar-refractivity contribution in [3.05, 3.63) is 25.3 Å². The molecule has 0 saturated heterocycles. The van der Waals surface area contributed by atoms with Gasteiger partial charge in [0.2, 0.25) is 11.8 Å². The van der Waals surface area contributed by atoms with Crippen LogP contribution in [0.2, 0.25) is 0 Å². The van der Waals surface area contributed by atoms with Gasteiger partial charge in [0.1, 0.15) is 25.2 Å². The zero-order valence-electron chi connectivity index (χ0n) is 36.5. The first kappa shape index (κ1) is 60.7. The van der Waals surface area contributed by atoms with E-state index in [2.05, 4.69) is 23.8 Å². The molecule has 0 aromatic rings. The number of allylic oxidation sites excluding steroid dienone is 2. The first-order valence-electron chi connectivity index (χ1n) is 21.2. The number of hydrogen-bond donors (Lipinski definition) is 6. The van der Waals surface area contributed by atoms with Crippen molar-refractivity contribution >= 4 is 73.4 Å². The number of aliphatic carboxylic acids is 4. The maximum Gasteiger partial charge on any atom is 2.00 e. The second-order valence-electron chi connectivity index (χ2n) is 14.8. The van der Waals surface area contributed by atoms with Gasteiger partial charge in [0.25, 0.3) is 0 Å². The van der Waals surface area contributed by atoms with Gasteiger partial charge in [-0.15, -0.1) is 13.2 Å². The van der Waals surface area contributed by atoms with Gasteiger partial charge in [-0.1, -0.05) is 52.7 Å². The summed E-state index contributed by atoms with van der Waals surface area (Å²) < 4.78 is -0.654. The molecular formula is C42H76CaN4O12+2. The normalized spacial score (nSPS) is 14.9. The van der Waals surface area contributed by atoms with E-state index in [-0.39, 0.29) is 137 Å². The number of carbonyl (C=O) groups is 6. The van der Waals surface area contributed by atoms with Crippen LogP contribution in [0.15, 0.2) is 25.3 Å². The van der Waals surface area contributed by atoms with E-state index in [9.17, 15) is 59.4 Å². The maximum atomic E-state index is 12.1. The summed E-state index contributed by atoms with van der Waals surface area (Å²) in [6.07, 6.45) is 12.4. The Morgan fingerprint density at radius 1 is 0.559 bits per heavy atom. The van der Waals surface area contributed by atoms with E-state index in [1.165, 1.54) is 0 Å². The molecule has 6 atom stereocenters. The van der Waals surface area contributed by atoms with Crippen LogP contribution in [0.25, 0.3) is 0 Å². The summed E-state index contributed by atoms with van der Waals surface area (Å²) in [5.74, 6) is -5.15. The largest absolute Gasteiger partial charge is 2.00 e. The van der Waals surface area contributed by atoms with Gasteiger partial charge in [-0.05, 0) is 51.4 Å². The number of nitrogens with one attached hydrogen (secondary N) is 2. The number of carboxylic acid groups (broad SMARTS) is 4. The van der Waals surface area contributed by atoms with Crippen LogP contribution in [-0.2, 0) is 28.8 Å². The first-order chi connectivity index (χ1) is 27.6. The summed E-state index contributed by atoms with van der Waals surface area (Å²) in [4.78, 5) is 72.1. The minimum atomic E-state index is -1.32. The van der Waals surface area contributed by atoms with Crippen molar-refractivity contribution in [2.24, 2.45) is 0 Å². The third-order valence-electron chi connectivity index (χ3n) is 10.7. The number of aliphatic hydroxyl groups is 2. The fraction of sp³-hybridized carbons (Fsp3) is 0.762. The van der Waals surface area contributed by atoms with Crippen LogP contribution < -0.4 is 20.8 Å². The van der Waals surface area contributed by atoms with Gasteiger partial charge in [0.05, 0.1) is 51.3 Å². The number of rotatable bonds is 36. The average molecular weight is 869 g/mol. The molecule has 0 rings (SSSR count). The summed E-state index contributed by atoms with van der Waals surface area (Å²) in [6.45, 7) is 14.3. The third-order valence-corrected chi connectivity index (χ3v) is 10.7. The van der Waals surface area contributed by atoms with Crippen LogP contribution in [0.5, 0.6) is 0 Å². The van der Waals surface area contributed by atoms with E-state index in [0.29, 0.717) is 38.5 Å². The van der Waals surface area contributed by atoms with Crippen molar-refractivity contribution in [3.63, 3.8) is 0 Å². The minimum Gasteiger partial charge on any atom is -0.544 e. The molecule has 16 nitrogen and oxygen atoms in total. The van der Waals surface area contributed by atoms with Gasteiger partial charge in [-0.25, -0.2) is 9.59 Å². The van der Waals surface area contributed by atoms with Crippen LogP contribution >= 0.6 is 0 Å². The molecule has 0 aromatic heterocycles. The van der Waals surface area contributed by atoms with Crippen LogP contribution in [-0.4, -0.2) is 179 Å². The molecule has 0 fully saturated rings. The number of unbranched alkanes of at least 4 members (excludes halogenated alkanes) is 4. The van der Waals surface area contributed by atoms with E-state index in [1.807, 2.05) is 27.7 Å². The molecule has 0 saturated carbocycles. The molecule has 0 aliphatic heterocycles. The van der Waals surface area contributed by atoms with Gasteiger partial charge >= 0.3 is 49.7 Å². The Kier molecular flexibility index (Phi) is 37.1. The molecule has 0 aliphatic carbocycles. The molecule has 2 amide bonds. The maximum absolute atomic E-state index is 12.1. The fourth-order valence-corrected chi connectivity index (χ4v) is 7.87. The van der Waals surface area contributed by atoms with Crippen molar-refractivity contribution in [1.82, 2.24) is 10.6 Å². The topological polar surface area (TPSA) is 254 Å². The fourth-order valence-electron chi connectivity index (χ4n) is 7.87. The zero-order chi connectivity index (χ0) is 44.6. The predicted octanol–water partition coefficient (Wildman–Crippen LogP) is 1.28. The molecule has 0 aromatic carbocycles. The number of nitrogens with zero attached hydrogens (tertiary/aromatic N) is 2. The van der Waals surface area contributed by atoms with Crippen LogP contribution in [0, 0.1) is 0 Å². The standard InChI is InChI=1S/2C21H38N2O6.Ca/c2*1-4-7-8-9-12-19(25)22-13-14-23(15-16-24,17(10-5-2)20(26)27)18(11-6-3)21(28)29;/h2*4,17-18,24H,1,5-16H2,2-3H3,(H2-,22,25,26,27,28,29);/q;;+2. The Labute approximate surface area is 382 Å². The summed E-state index contributed by atoms with van der Waals surface area (Å²) >= 11 is 0. The molecule has 0 heterocycles. The minimum absolute atomic E-state index is 0. The molecular weight excluding hydrogens is 793 g/mol. The van der Waals surface area contributed by atoms with Crippen molar-refractivity contribution < 1.29 is 68.4 Å². The molecule has 336 valence electrons. The number of carbonyl (C=O) groups excluding carboxylic acids is 4. The van der Waals surface area contributed by atoms with Crippen molar-refractivity contribution in [2.75, 3.05) is 52.5 Å². The Balaban J connectivity index is -0.00000105. The van der Waals surface area contributed by atoms with Crippen molar-refractivity contribution in [1.29, 1.82) is 0 Å².